The number of nitrogens with one attached hydrogen (secondary N) is 1. The fourth-order valence-corrected chi connectivity index (χ4v) is 4.62. The first-order valence-electron chi connectivity index (χ1n) is 11.5. The van der Waals surface area contributed by atoms with Gasteiger partial charge in [-0.05, 0) is 16.7 Å². The van der Waals surface area contributed by atoms with Crippen molar-refractivity contribution in [1.82, 2.24) is 4.98 Å². The predicted molar refractivity (Wildman–Crippen MR) is 143 cm³/mol. The molecule has 37 heavy (non-hydrogen) atoms. The second-order valence-electron chi connectivity index (χ2n) is 8.36. The Morgan fingerprint density at radius 3 is 1.89 bits per heavy atom. The molecule has 0 bridgehead atoms. The molecule has 188 valence electrons. The van der Waals surface area contributed by atoms with Crippen LogP contribution >= 0.6 is 11.3 Å². The lowest BCUT2D eigenvalue weighted by Crippen LogP contribution is -2.38. The zero-order valence-corrected chi connectivity index (χ0v) is 20.9. The minimum absolute atomic E-state index is 0.134. The summed E-state index contributed by atoms with van der Waals surface area (Å²) < 4.78 is 0. The normalized spacial score (nSPS) is 12.5. The highest BCUT2D eigenvalue weighted by atomic mass is 32.1. The van der Waals surface area contributed by atoms with Gasteiger partial charge in [0.05, 0.1) is 5.92 Å². The van der Waals surface area contributed by atoms with E-state index in [2.05, 4.69) is 15.5 Å². The Morgan fingerprint density at radius 2 is 1.46 bits per heavy atom. The molecule has 4 N–H and O–H groups in total. The first kappa shape index (κ1) is 25.6. The summed E-state index contributed by atoms with van der Waals surface area (Å²) in [5.41, 5.74) is 7.14. The highest BCUT2D eigenvalue weighted by Gasteiger charge is 2.37. The molecule has 4 rings (SSSR count). The van der Waals surface area contributed by atoms with Gasteiger partial charge in [-0.25, -0.2) is 9.78 Å². The Kier molecular flexibility index (Phi) is 7.95. The molecule has 0 spiro atoms. The third-order valence-corrected chi connectivity index (χ3v) is 6.59. The van der Waals surface area contributed by atoms with Gasteiger partial charge in [0.2, 0.25) is 11.6 Å². The van der Waals surface area contributed by atoms with Crippen molar-refractivity contribution in [3.8, 4) is 0 Å². The van der Waals surface area contributed by atoms with Crippen LogP contribution in [0.15, 0.2) is 102 Å². The van der Waals surface area contributed by atoms with Crippen molar-refractivity contribution < 1.29 is 19.5 Å². The molecule has 0 aliphatic rings. The molecule has 1 unspecified atom stereocenters. The van der Waals surface area contributed by atoms with Gasteiger partial charge in [-0.15, -0.1) is 11.3 Å². The summed E-state index contributed by atoms with van der Waals surface area (Å²) in [4.78, 5) is 32.8. The molecule has 0 aliphatic carbocycles. The number of carboxylic acids is 1. The van der Waals surface area contributed by atoms with E-state index < -0.39 is 23.3 Å². The molecule has 9 heteroatoms. The summed E-state index contributed by atoms with van der Waals surface area (Å²) in [6.45, 7) is 1.43. The molecule has 8 nitrogen and oxygen atoms in total. The molecule has 1 amide bonds. The lowest BCUT2D eigenvalue weighted by atomic mass is 9.77. The number of carboxylic acid groups (broad SMARTS) is 1. The van der Waals surface area contributed by atoms with E-state index in [9.17, 15) is 14.7 Å². The lowest BCUT2D eigenvalue weighted by molar-refractivity contribution is -0.129. The quantitative estimate of drug-likeness (QED) is 0.154. The maximum atomic E-state index is 11.9. The van der Waals surface area contributed by atoms with Crippen LogP contribution in [0.3, 0.4) is 0 Å². The Balaban J connectivity index is 1.76. The average molecular weight is 515 g/mol. The summed E-state index contributed by atoms with van der Waals surface area (Å²) in [5, 5.41) is 19.1. The Bertz CT molecular complexity index is 1280. The molecule has 1 atom stereocenters. The number of carbonyl (C=O) groups is 2. The van der Waals surface area contributed by atoms with Crippen LogP contribution in [-0.2, 0) is 20.0 Å². The highest BCUT2D eigenvalue weighted by molar-refractivity contribution is 7.14. The van der Waals surface area contributed by atoms with Gasteiger partial charge in [0.15, 0.2) is 5.13 Å². The van der Waals surface area contributed by atoms with Crippen LogP contribution < -0.4 is 11.1 Å². The third kappa shape index (κ3) is 5.68. The van der Waals surface area contributed by atoms with E-state index in [0.29, 0.717) is 5.13 Å². The van der Waals surface area contributed by atoms with Gasteiger partial charge in [-0.3, -0.25) is 4.79 Å². The monoisotopic (exact) mass is 514 g/mol. The molecule has 0 aliphatic heterocycles. The number of benzene rings is 3. The van der Waals surface area contributed by atoms with Crippen molar-refractivity contribution in [2.24, 2.45) is 16.8 Å². The van der Waals surface area contributed by atoms with Gasteiger partial charge in [-0.2, -0.15) is 0 Å². The summed E-state index contributed by atoms with van der Waals surface area (Å²) in [7, 11) is 0. The molecular weight excluding hydrogens is 488 g/mol. The van der Waals surface area contributed by atoms with Crippen molar-refractivity contribution in [1.29, 1.82) is 0 Å². The molecule has 0 saturated heterocycles. The van der Waals surface area contributed by atoms with Gasteiger partial charge in [0.25, 0.3) is 0 Å². The van der Waals surface area contributed by atoms with E-state index in [1.54, 1.807) is 12.3 Å². The average Bonchev–Trinajstić information content (AvgIpc) is 3.38. The number of hydrogen-bond acceptors (Lipinski definition) is 7. The Morgan fingerprint density at radius 1 is 0.973 bits per heavy atom. The molecular formula is C28H26N4O4S. The minimum atomic E-state index is -1.30. The smallest absolute Gasteiger partial charge is 0.360 e. The van der Waals surface area contributed by atoms with Crippen LogP contribution in [0, 0.1) is 5.92 Å². The first-order chi connectivity index (χ1) is 17.9. The van der Waals surface area contributed by atoms with Crippen LogP contribution in [0.4, 0.5) is 5.13 Å². The van der Waals surface area contributed by atoms with Crippen molar-refractivity contribution in [3.63, 3.8) is 0 Å². The molecule has 3 aromatic carbocycles. The number of oxime groups is 1. The van der Waals surface area contributed by atoms with E-state index in [4.69, 9.17) is 10.6 Å². The molecule has 0 saturated carbocycles. The number of primary amides is 1. The number of carbonyl (C=O) groups excluding carboxylic acids is 1. The fraction of sp³-hybridized carbons (Fsp3) is 0.143. The fourth-order valence-electron chi connectivity index (χ4n) is 3.87. The number of thiazole rings is 1. The minimum Gasteiger partial charge on any atom is -0.476 e. The largest absolute Gasteiger partial charge is 0.476 e. The lowest BCUT2D eigenvalue weighted by Gasteiger charge is -2.36. The number of nitrogens with zero attached hydrogens (tertiary/aromatic N) is 2. The maximum absolute atomic E-state index is 11.9. The van der Waals surface area contributed by atoms with Crippen molar-refractivity contribution >= 4 is 34.1 Å². The van der Waals surface area contributed by atoms with Gasteiger partial charge in [-0.1, -0.05) is 103 Å². The van der Waals surface area contributed by atoms with E-state index in [1.165, 1.54) is 11.3 Å². The van der Waals surface area contributed by atoms with E-state index in [1.807, 2.05) is 91.0 Å². The maximum Gasteiger partial charge on any atom is 0.360 e. The first-order valence-corrected chi connectivity index (χ1v) is 12.4. The highest BCUT2D eigenvalue weighted by Crippen LogP contribution is 2.40. The zero-order valence-electron chi connectivity index (χ0n) is 20.1. The zero-order chi connectivity index (χ0) is 26.3. The van der Waals surface area contributed by atoms with E-state index in [0.717, 1.165) is 16.7 Å². The number of nitrogens with two attached hydrogens (primary N) is 1. The van der Waals surface area contributed by atoms with Crippen LogP contribution in [0.2, 0.25) is 0 Å². The van der Waals surface area contributed by atoms with Crippen LogP contribution in [-0.4, -0.2) is 34.3 Å². The molecule has 1 aromatic heterocycles. The standard InChI is InChI=1S/C28H26N4O4S/c1-19(25(29)33)17-36-32-24(26(34)35)23-18-37-27(30-23)31-28(20-11-5-2-6-12-20,21-13-7-3-8-14-21)22-15-9-4-10-16-22/h2-16,18-19H,17H2,1H3,(H2,29,33)(H,30,31)(H,34,35). The number of aromatic nitrogens is 1. The number of anilines is 1. The Labute approximate surface area is 218 Å². The van der Waals surface area contributed by atoms with Crippen molar-refractivity contribution in [3.05, 3.63) is 119 Å². The SMILES string of the molecule is CC(CON=C(C(=O)O)c1csc(NC(c2ccccc2)(c2ccccc2)c2ccccc2)n1)C(N)=O. The van der Waals surface area contributed by atoms with Gasteiger partial charge >= 0.3 is 5.97 Å². The van der Waals surface area contributed by atoms with Gasteiger partial charge < -0.3 is 21.0 Å². The molecule has 1 heterocycles. The van der Waals surface area contributed by atoms with Gasteiger partial charge in [0, 0.05) is 5.38 Å². The summed E-state index contributed by atoms with van der Waals surface area (Å²) in [6, 6.07) is 30.0. The van der Waals surface area contributed by atoms with Crippen LogP contribution in [0.5, 0.6) is 0 Å². The second kappa shape index (κ2) is 11.5. The second-order valence-corrected chi connectivity index (χ2v) is 9.21. The van der Waals surface area contributed by atoms with Gasteiger partial charge in [0.1, 0.15) is 17.8 Å². The van der Waals surface area contributed by atoms with E-state index >= 15 is 0 Å². The Hall–Kier alpha value is -4.50. The topological polar surface area (TPSA) is 127 Å². The van der Waals surface area contributed by atoms with Crippen molar-refractivity contribution in [2.75, 3.05) is 11.9 Å². The predicted octanol–water partition coefficient (Wildman–Crippen LogP) is 4.47. The van der Waals surface area contributed by atoms with Crippen LogP contribution in [0.25, 0.3) is 0 Å². The number of hydrogen-bond donors (Lipinski definition) is 3. The molecule has 0 radical (unpaired) electrons. The molecule has 4 aromatic rings. The number of amides is 1. The van der Waals surface area contributed by atoms with Crippen LogP contribution in [0.1, 0.15) is 29.3 Å². The third-order valence-electron chi connectivity index (χ3n) is 5.83. The molecule has 0 fully saturated rings. The number of rotatable bonds is 11. The summed E-state index contributed by atoms with van der Waals surface area (Å²) in [5.74, 6) is -2.48. The number of aliphatic carboxylic acids is 1. The summed E-state index contributed by atoms with van der Waals surface area (Å²) in [6.07, 6.45) is 0. The van der Waals surface area contributed by atoms with E-state index in [-0.39, 0.29) is 18.0 Å². The summed E-state index contributed by atoms with van der Waals surface area (Å²) >= 11 is 1.25. The van der Waals surface area contributed by atoms with Crippen molar-refractivity contribution in [2.45, 2.75) is 12.5 Å².